The van der Waals surface area contributed by atoms with Crippen LogP contribution in [-0.2, 0) is 6.42 Å². The van der Waals surface area contributed by atoms with Crippen molar-refractivity contribution in [2.24, 2.45) is 10.7 Å². The van der Waals surface area contributed by atoms with Crippen molar-refractivity contribution in [2.45, 2.75) is 26.3 Å². The lowest BCUT2D eigenvalue weighted by Crippen LogP contribution is -2.36. The summed E-state index contributed by atoms with van der Waals surface area (Å²) < 4.78 is 6.31. The molecule has 3 N–H and O–H groups in total. The van der Waals surface area contributed by atoms with Crippen molar-refractivity contribution in [3.05, 3.63) is 28.2 Å². The van der Waals surface area contributed by atoms with Crippen LogP contribution in [0.2, 0.25) is 0 Å². The Kier molecular flexibility index (Phi) is 5.98. The smallest absolute Gasteiger partial charge is 0.188 e. The highest BCUT2D eigenvalue weighted by molar-refractivity contribution is 9.10. The molecule has 0 saturated heterocycles. The van der Waals surface area contributed by atoms with E-state index in [9.17, 15) is 0 Å². The minimum absolute atomic E-state index is 0.300. The van der Waals surface area contributed by atoms with E-state index in [2.05, 4.69) is 26.2 Å². The van der Waals surface area contributed by atoms with Crippen LogP contribution in [0.15, 0.2) is 27.7 Å². The number of hydrogen-bond donors (Lipinski definition) is 2. The van der Waals surface area contributed by atoms with E-state index < -0.39 is 0 Å². The molecule has 0 aliphatic heterocycles. The first kappa shape index (κ1) is 14.8. The Labute approximate surface area is 117 Å². The average Bonchev–Trinajstić information content (AvgIpc) is 2.28. The van der Waals surface area contributed by atoms with E-state index in [0.717, 1.165) is 22.2 Å². The Morgan fingerprint density at radius 2 is 2.22 bits per heavy atom. The van der Waals surface area contributed by atoms with Gasteiger partial charge in [0, 0.05) is 12.6 Å². The van der Waals surface area contributed by atoms with Crippen LogP contribution in [0.1, 0.15) is 19.4 Å². The predicted molar refractivity (Wildman–Crippen MR) is 79.2 cm³/mol. The third kappa shape index (κ3) is 4.56. The van der Waals surface area contributed by atoms with Crippen LogP contribution in [0.4, 0.5) is 0 Å². The van der Waals surface area contributed by atoms with Gasteiger partial charge in [0.1, 0.15) is 5.75 Å². The Balaban J connectivity index is 2.61. The van der Waals surface area contributed by atoms with E-state index >= 15 is 0 Å². The summed E-state index contributed by atoms with van der Waals surface area (Å²) in [6.07, 6.45) is 0.795. The molecule has 0 radical (unpaired) electrons. The van der Waals surface area contributed by atoms with Gasteiger partial charge in [0.05, 0.1) is 11.6 Å². The molecule has 0 saturated carbocycles. The monoisotopic (exact) mass is 313 g/mol. The highest BCUT2D eigenvalue weighted by atomic mass is 79.9. The van der Waals surface area contributed by atoms with Crippen LogP contribution in [0.3, 0.4) is 0 Å². The summed E-state index contributed by atoms with van der Waals surface area (Å²) in [4.78, 5) is 4.28. The van der Waals surface area contributed by atoms with Crippen LogP contribution >= 0.6 is 15.9 Å². The van der Waals surface area contributed by atoms with E-state index in [-0.39, 0.29) is 0 Å². The van der Waals surface area contributed by atoms with Crippen molar-refractivity contribution < 1.29 is 4.74 Å². The fourth-order valence-electron chi connectivity index (χ4n) is 1.62. The van der Waals surface area contributed by atoms with Gasteiger partial charge in [-0.1, -0.05) is 12.1 Å². The lowest BCUT2D eigenvalue weighted by Gasteiger charge is -2.10. The van der Waals surface area contributed by atoms with Gasteiger partial charge < -0.3 is 15.8 Å². The molecule has 0 unspecified atom stereocenters. The number of nitrogens with zero attached hydrogens (tertiary/aromatic N) is 1. The summed E-state index contributed by atoms with van der Waals surface area (Å²) in [5, 5.41) is 3.06. The minimum Gasteiger partial charge on any atom is -0.495 e. The molecule has 0 fully saturated rings. The maximum Gasteiger partial charge on any atom is 0.188 e. The van der Waals surface area contributed by atoms with Gasteiger partial charge in [0.15, 0.2) is 5.96 Å². The molecule has 1 aromatic carbocycles. The number of guanidine groups is 1. The van der Waals surface area contributed by atoms with Gasteiger partial charge in [-0.2, -0.15) is 0 Å². The second kappa shape index (κ2) is 7.26. The molecule has 1 rings (SSSR count). The first-order chi connectivity index (χ1) is 8.54. The van der Waals surface area contributed by atoms with E-state index in [1.807, 2.05) is 32.0 Å². The average molecular weight is 314 g/mol. The third-order valence-electron chi connectivity index (χ3n) is 2.35. The number of hydrogen-bond acceptors (Lipinski definition) is 2. The van der Waals surface area contributed by atoms with E-state index in [1.54, 1.807) is 7.11 Å². The maximum atomic E-state index is 5.74. The molecule has 100 valence electrons. The van der Waals surface area contributed by atoms with Crippen LogP contribution in [0, 0.1) is 0 Å². The zero-order valence-electron chi connectivity index (χ0n) is 11.0. The van der Waals surface area contributed by atoms with Crippen molar-refractivity contribution in [2.75, 3.05) is 13.7 Å². The summed E-state index contributed by atoms with van der Waals surface area (Å²) in [6.45, 7) is 4.69. The van der Waals surface area contributed by atoms with E-state index in [0.29, 0.717) is 18.5 Å². The number of aliphatic imine (C=N–C) groups is 1. The highest BCUT2D eigenvalue weighted by Crippen LogP contribution is 2.28. The maximum absolute atomic E-state index is 5.74. The van der Waals surface area contributed by atoms with Crippen LogP contribution in [0.5, 0.6) is 5.75 Å². The zero-order chi connectivity index (χ0) is 13.5. The van der Waals surface area contributed by atoms with Gasteiger partial charge in [-0.3, -0.25) is 4.99 Å². The molecule has 0 aliphatic carbocycles. The summed E-state index contributed by atoms with van der Waals surface area (Å²) >= 11 is 3.46. The highest BCUT2D eigenvalue weighted by Gasteiger charge is 2.06. The second-order valence-electron chi connectivity index (χ2n) is 4.25. The predicted octanol–water partition coefficient (Wildman–Crippen LogP) is 2.31. The first-order valence-corrected chi connectivity index (χ1v) is 6.71. The lowest BCUT2D eigenvalue weighted by molar-refractivity contribution is 0.407. The molecular formula is C13H20BrN3O. The fraction of sp³-hybridized carbons (Fsp3) is 0.462. The van der Waals surface area contributed by atoms with E-state index in [1.165, 1.54) is 0 Å². The van der Waals surface area contributed by atoms with Gasteiger partial charge in [0.2, 0.25) is 0 Å². The molecule has 18 heavy (non-hydrogen) atoms. The summed E-state index contributed by atoms with van der Waals surface area (Å²) in [5.41, 5.74) is 6.86. The normalized spacial score (nSPS) is 11.7. The number of rotatable bonds is 5. The first-order valence-electron chi connectivity index (χ1n) is 5.92. The molecule has 0 amide bonds. The third-order valence-corrected chi connectivity index (χ3v) is 2.98. The Bertz CT molecular complexity index is 419. The Hall–Kier alpha value is -1.23. The number of halogens is 1. The van der Waals surface area contributed by atoms with Gasteiger partial charge in [-0.15, -0.1) is 0 Å². The second-order valence-corrected chi connectivity index (χ2v) is 5.10. The number of benzene rings is 1. The summed E-state index contributed by atoms with van der Waals surface area (Å²) in [7, 11) is 1.67. The van der Waals surface area contributed by atoms with Gasteiger partial charge in [-0.05, 0) is 47.8 Å². The van der Waals surface area contributed by atoms with Gasteiger partial charge in [0.25, 0.3) is 0 Å². The summed E-state index contributed by atoms with van der Waals surface area (Å²) in [5.74, 6) is 1.35. The van der Waals surface area contributed by atoms with Gasteiger partial charge >= 0.3 is 0 Å². The molecule has 5 heteroatoms. The fourth-order valence-corrected chi connectivity index (χ4v) is 2.19. The number of methoxy groups -OCH3 is 1. The lowest BCUT2D eigenvalue weighted by atomic mass is 10.1. The number of ether oxygens (including phenoxy) is 1. The topological polar surface area (TPSA) is 59.6 Å². The summed E-state index contributed by atoms with van der Waals surface area (Å²) in [6, 6.07) is 6.28. The van der Waals surface area contributed by atoms with Crippen molar-refractivity contribution in [3.8, 4) is 5.75 Å². The molecule has 0 spiro atoms. The van der Waals surface area contributed by atoms with E-state index in [4.69, 9.17) is 10.5 Å². The van der Waals surface area contributed by atoms with Crippen molar-refractivity contribution >= 4 is 21.9 Å². The van der Waals surface area contributed by atoms with Crippen LogP contribution < -0.4 is 15.8 Å². The quantitative estimate of drug-likeness (QED) is 0.648. The Morgan fingerprint density at radius 3 is 2.83 bits per heavy atom. The molecule has 4 nitrogen and oxygen atoms in total. The zero-order valence-corrected chi connectivity index (χ0v) is 12.6. The van der Waals surface area contributed by atoms with Crippen molar-refractivity contribution in [3.63, 3.8) is 0 Å². The number of para-hydroxylation sites is 1. The van der Waals surface area contributed by atoms with Crippen molar-refractivity contribution in [1.29, 1.82) is 0 Å². The van der Waals surface area contributed by atoms with Crippen molar-refractivity contribution in [1.82, 2.24) is 5.32 Å². The molecule has 0 heterocycles. The number of nitrogens with two attached hydrogens (primary N) is 1. The Morgan fingerprint density at radius 1 is 1.50 bits per heavy atom. The minimum atomic E-state index is 0.300. The molecular weight excluding hydrogens is 294 g/mol. The van der Waals surface area contributed by atoms with Gasteiger partial charge in [-0.25, -0.2) is 0 Å². The molecule has 0 aliphatic rings. The van der Waals surface area contributed by atoms with Crippen LogP contribution in [0.25, 0.3) is 0 Å². The molecule has 0 aromatic heterocycles. The molecule has 0 atom stereocenters. The standard InChI is InChI=1S/C13H20BrN3O/c1-9(2)17-13(15)16-8-7-10-5-4-6-11(14)12(10)18-3/h4-6,9H,7-8H2,1-3H3,(H3,15,16,17). The number of nitrogens with one attached hydrogen (secondary N) is 1. The largest absolute Gasteiger partial charge is 0.495 e. The van der Waals surface area contributed by atoms with Crippen LogP contribution in [-0.4, -0.2) is 25.7 Å². The SMILES string of the molecule is COc1c(Br)cccc1CCN=C(N)NC(C)C. The molecule has 1 aromatic rings. The molecule has 0 bridgehead atoms.